The van der Waals surface area contributed by atoms with Crippen LogP contribution in [0, 0.1) is 46.3 Å². The number of allylic oxidation sites excluding steroid dienone is 4. The number of methoxy groups -OCH3 is 1. The van der Waals surface area contributed by atoms with Crippen molar-refractivity contribution in [3.8, 4) is 0 Å². The number of aliphatic imine (C=N–C) groups is 1. The van der Waals surface area contributed by atoms with Crippen LogP contribution in [0.3, 0.4) is 0 Å². The van der Waals surface area contributed by atoms with Crippen molar-refractivity contribution in [1.29, 1.82) is 0 Å². The minimum Gasteiger partial charge on any atom is -0.453 e. The first-order chi connectivity index (χ1) is 32.8. The number of hydrogen-bond donors (Lipinski definition) is 3. The number of amides is 2. The lowest BCUT2D eigenvalue weighted by atomic mass is 9.74. The second kappa shape index (κ2) is 18.4. The number of piperidine rings is 3. The van der Waals surface area contributed by atoms with E-state index in [4.69, 9.17) is 14.7 Å². The summed E-state index contributed by atoms with van der Waals surface area (Å²) in [7, 11) is 3.66. The molecule has 11 rings (SSSR count). The summed E-state index contributed by atoms with van der Waals surface area (Å²) in [6.07, 6.45) is 26.3. The number of likely N-dealkylation sites (tertiary alicyclic amines) is 3. The summed E-state index contributed by atoms with van der Waals surface area (Å²) >= 11 is 0. The average molecular weight is 927 g/mol. The number of hydrogen-bond acceptors (Lipinski definition) is 8. The van der Waals surface area contributed by atoms with Crippen molar-refractivity contribution in [2.45, 2.75) is 168 Å². The van der Waals surface area contributed by atoms with Crippen LogP contribution in [0.5, 0.6) is 0 Å². The van der Waals surface area contributed by atoms with Gasteiger partial charge in [0.05, 0.1) is 30.8 Å². The first-order valence-corrected chi connectivity index (χ1v) is 27.3. The lowest BCUT2D eigenvalue weighted by Crippen LogP contribution is -2.53. The minimum atomic E-state index is -0.657. The Labute approximate surface area is 407 Å². The number of rotatable bonds is 11. The van der Waals surface area contributed by atoms with Crippen LogP contribution >= 0.6 is 0 Å². The van der Waals surface area contributed by atoms with Gasteiger partial charge >= 0.3 is 6.09 Å². The van der Waals surface area contributed by atoms with Crippen molar-refractivity contribution >= 4 is 28.9 Å². The molecule has 3 saturated carbocycles. The van der Waals surface area contributed by atoms with Gasteiger partial charge in [0.15, 0.2) is 0 Å². The van der Waals surface area contributed by atoms with E-state index in [0.717, 1.165) is 49.3 Å². The molecule has 9 unspecified atom stereocenters. The van der Waals surface area contributed by atoms with Crippen LogP contribution in [0.2, 0.25) is 0 Å². The van der Waals surface area contributed by atoms with Crippen molar-refractivity contribution < 1.29 is 14.3 Å². The van der Waals surface area contributed by atoms with E-state index in [1.165, 1.54) is 133 Å². The van der Waals surface area contributed by atoms with Gasteiger partial charge in [0.2, 0.25) is 5.91 Å². The normalized spacial score (nSPS) is 31.6. The van der Waals surface area contributed by atoms with Crippen molar-refractivity contribution in [3.05, 3.63) is 64.3 Å². The van der Waals surface area contributed by atoms with Gasteiger partial charge in [-0.15, -0.1) is 0 Å². The highest BCUT2D eigenvalue weighted by Crippen LogP contribution is 2.63. The van der Waals surface area contributed by atoms with Crippen LogP contribution in [-0.4, -0.2) is 114 Å². The molecule has 0 radical (unpaired) electrons. The van der Waals surface area contributed by atoms with Gasteiger partial charge in [-0.05, 0) is 184 Å². The topological polar surface area (TPSA) is 118 Å². The standard InChI is InChI=1S/C57H82N8O3/c1-34(2)36(5)33-65-38-14-13-37(26-38)51(65)53-59-32-48(61-53)42-18-16-40(44-28-57(30-46(42)44)21-24-63(6)25-22-57)39-15-17-41(45-29-56(27-43(39)45)19-9-10-20-56)47-31-58-52(60-47)49-12-8-11-23-64(49)54(66)50(35(3)4)62-55(67)68-7/h15-18,31,34-38,43,45,49-51,53,59H,8-14,19-30,32-33H2,1-7H3,(H,58,60)(H,62,67). The third-order valence-electron chi connectivity index (χ3n) is 19.8. The summed E-state index contributed by atoms with van der Waals surface area (Å²) in [5, 5.41) is 6.84. The molecule has 68 heavy (non-hydrogen) atoms. The fourth-order valence-electron chi connectivity index (χ4n) is 15.6. The largest absolute Gasteiger partial charge is 0.453 e. The van der Waals surface area contributed by atoms with Crippen molar-refractivity contribution in [2.24, 2.45) is 51.3 Å². The molecule has 9 atom stereocenters. The Kier molecular flexibility index (Phi) is 12.6. The van der Waals surface area contributed by atoms with E-state index in [0.29, 0.717) is 47.1 Å². The third kappa shape index (κ3) is 8.33. The molecule has 2 spiro atoms. The highest BCUT2D eigenvalue weighted by Gasteiger charge is 2.53. The number of fused-ring (bicyclic) bond motifs is 4. The molecule has 5 heterocycles. The molecule has 6 fully saturated rings. The van der Waals surface area contributed by atoms with E-state index < -0.39 is 12.1 Å². The van der Waals surface area contributed by atoms with Crippen molar-refractivity contribution in [3.63, 3.8) is 0 Å². The molecular formula is C57H82N8O3. The number of nitrogens with one attached hydrogen (secondary N) is 3. The van der Waals surface area contributed by atoms with Gasteiger partial charge in [-0.1, -0.05) is 71.7 Å². The molecule has 5 aliphatic carbocycles. The zero-order chi connectivity index (χ0) is 47.1. The number of benzene rings is 1. The van der Waals surface area contributed by atoms with Crippen molar-refractivity contribution in [2.75, 3.05) is 46.9 Å². The van der Waals surface area contributed by atoms with Crippen LogP contribution in [0.1, 0.15) is 164 Å². The van der Waals surface area contributed by atoms with Crippen LogP contribution in [0.4, 0.5) is 4.79 Å². The smallest absolute Gasteiger partial charge is 0.407 e. The van der Waals surface area contributed by atoms with Gasteiger partial charge in [0.25, 0.3) is 0 Å². The summed E-state index contributed by atoms with van der Waals surface area (Å²) in [5.74, 6) is 3.74. The van der Waals surface area contributed by atoms with Gasteiger partial charge in [-0.2, -0.15) is 0 Å². The summed E-state index contributed by atoms with van der Waals surface area (Å²) < 4.78 is 4.92. The van der Waals surface area contributed by atoms with E-state index >= 15 is 0 Å². The van der Waals surface area contributed by atoms with Crippen LogP contribution in [0.25, 0.3) is 11.1 Å². The fourth-order valence-corrected chi connectivity index (χ4v) is 15.6. The molecule has 2 amide bonds. The second-order valence-corrected chi connectivity index (χ2v) is 24.5. The maximum absolute atomic E-state index is 14.2. The molecule has 1 aromatic carbocycles. The summed E-state index contributed by atoms with van der Waals surface area (Å²) in [6, 6.07) is 5.49. The number of nitrogens with zero attached hydrogens (tertiary/aromatic N) is 5. The summed E-state index contributed by atoms with van der Waals surface area (Å²) in [4.78, 5) is 48.5. The number of aromatic nitrogens is 2. The maximum Gasteiger partial charge on any atom is 0.407 e. The first-order valence-electron chi connectivity index (χ1n) is 27.3. The lowest BCUT2D eigenvalue weighted by molar-refractivity contribution is -0.138. The molecular weight excluding hydrogens is 845 g/mol. The lowest BCUT2D eigenvalue weighted by Gasteiger charge is -2.39. The Morgan fingerprint density at radius 1 is 0.853 bits per heavy atom. The zero-order valence-electron chi connectivity index (χ0n) is 42.5. The minimum absolute atomic E-state index is 0.0627. The average Bonchev–Trinajstić information content (AvgIpc) is 4.21. The molecule has 2 aromatic rings. The summed E-state index contributed by atoms with van der Waals surface area (Å²) in [5.41, 5.74) is 12.3. The molecule has 2 bridgehead atoms. The van der Waals surface area contributed by atoms with E-state index in [2.05, 4.69) is 83.7 Å². The molecule has 3 N–H and O–H groups in total. The van der Waals surface area contributed by atoms with Gasteiger partial charge in [-0.3, -0.25) is 20.0 Å². The first kappa shape index (κ1) is 46.6. The Bertz CT molecular complexity index is 2330. The molecule has 3 saturated heterocycles. The van der Waals surface area contributed by atoms with E-state index in [1.54, 1.807) is 16.7 Å². The number of H-pyrrole nitrogens is 1. The Morgan fingerprint density at radius 3 is 2.31 bits per heavy atom. The molecule has 11 heteroatoms. The predicted octanol–water partition coefficient (Wildman–Crippen LogP) is 9.59. The molecule has 1 aromatic heterocycles. The van der Waals surface area contributed by atoms with Crippen LogP contribution in [0.15, 0.2) is 35.5 Å². The highest BCUT2D eigenvalue weighted by molar-refractivity contribution is 6.05. The fraction of sp³-hybridized carbons (Fsp3) is 0.719. The van der Waals surface area contributed by atoms with Crippen LogP contribution < -0.4 is 10.6 Å². The number of carbonyl (C=O) groups excluding carboxylic acids is 2. The SMILES string of the molecule is COC(=O)NC(C(=O)N1CCCCC1c1ncc(C2=CC=C(c3ccc(C4=NC(C5C6CCC(C6)N5CC(C)C(C)C)NC4)c4c3CC3(CCN(C)CC3)C4)C3CC4(CCCC4)CC23)[nH]1)C(C)C. The third-order valence-corrected chi connectivity index (χ3v) is 19.8. The Hall–Kier alpha value is -3.80. The highest BCUT2D eigenvalue weighted by atomic mass is 16.5. The van der Waals surface area contributed by atoms with E-state index in [9.17, 15) is 9.59 Å². The van der Waals surface area contributed by atoms with Gasteiger partial charge in [0, 0.05) is 37.3 Å². The van der Waals surface area contributed by atoms with Crippen LogP contribution in [-0.2, 0) is 22.4 Å². The Balaban J connectivity index is 0.929. The molecule has 368 valence electrons. The maximum atomic E-state index is 14.2. The van der Waals surface area contributed by atoms with Gasteiger partial charge in [-0.25, -0.2) is 9.78 Å². The number of ether oxygens (including phenoxy) is 1. The monoisotopic (exact) mass is 927 g/mol. The second-order valence-electron chi connectivity index (χ2n) is 24.5. The zero-order valence-corrected chi connectivity index (χ0v) is 42.5. The number of imidazole rings is 1. The number of alkyl carbamates (subject to hydrolysis) is 1. The van der Waals surface area contributed by atoms with Gasteiger partial charge < -0.3 is 24.8 Å². The van der Waals surface area contributed by atoms with E-state index in [-0.39, 0.29) is 24.0 Å². The number of carbonyl (C=O) groups is 2. The van der Waals surface area contributed by atoms with E-state index in [1.807, 2.05) is 18.7 Å². The number of aromatic amines is 1. The molecule has 9 aliphatic rings. The van der Waals surface area contributed by atoms with Crippen molar-refractivity contribution in [1.82, 2.24) is 35.3 Å². The molecule has 4 aliphatic heterocycles. The predicted molar refractivity (Wildman–Crippen MR) is 271 cm³/mol. The quantitative estimate of drug-likeness (QED) is 0.206. The molecule has 11 nitrogen and oxygen atoms in total. The summed E-state index contributed by atoms with van der Waals surface area (Å²) in [6.45, 7) is 16.3. The Morgan fingerprint density at radius 2 is 1.57 bits per heavy atom. The van der Waals surface area contributed by atoms with Gasteiger partial charge in [0.1, 0.15) is 18.0 Å².